The van der Waals surface area contributed by atoms with Crippen molar-refractivity contribution >= 4 is 11.7 Å². The maximum Gasteiger partial charge on any atom is 0.336 e. The smallest absolute Gasteiger partial charge is 0.336 e. The van der Waals surface area contributed by atoms with Crippen LogP contribution in [-0.4, -0.2) is 11.1 Å². The van der Waals surface area contributed by atoms with Crippen LogP contribution < -0.4 is 5.32 Å². The average Bonchev–Trinajstić information content (AvgIpc) is 3.10. The van der Waals surface area contributed by atoms with Gasteiger partial charge in [-0.2, -0.15) is 0 Å². The third-order valence-corrected chi connectivity index (χ3v) is 5.58. The van der Waals surface area contributed by atoms with E-state index in [2.05, 4.69) is 49.5 Å². The van der Waals surface area contributed by atoms with E-state index in [9.17, 15) is 9.90 Å². The molecule has 0 saturated carbocycles. The van der Waals surface area contributed by atoms with E-state index in [0.717, 1.165) is 12.0 Å². The molecule has 3 heteroatoms. The Labute approximate surface area is 148 Å². The second-order valence-corrected chi connectivity index (χ2v) is 7.33. The average molecular weight is 333 g/mol. The number of anilines is 1. The highest BCUT2D eigenvalue weighted by atomic mass is 16.4. The van der Waals surface area contributed by atoms with Gasteiger partial charge in [-0.25, -0.2) is 4.79 Å². The summed E-state index contributed by atoms with van der Waals surface area (Å²) in [7, 11) is 0. The molecule has 0 unspecified atom stereocenters. The Kier molecular flexibility index (Phi) is 3.87. The predicted molar refractivity (Wildman–Crippen MR) is 100 cm³/mol. The van der Waals surface area contributed by atoms with Gasteiger partial charge in [0.25, 0.3) is 0 Å². The zero-order valence-corrected chi connectivity index (χ0v) is 14.6. The molecule has 2 aromatic rings. The fourth-order valence-electron chi connectivity index (χ4n) is 4.40. The standard InChI is InChI=1S/C22H23NO2/c1-13(2)14-9-5-11-16-15-10-6-12-17(15)21(23-20(14)16)18-7-3-4-8-19(18)22(24)25/h3-11,13,15,17,21,23H,12H2,1-2H3,(H,24,25)/t15-,17-,21-/m0/s1. The fourth-order valence-corrected chi connectivity index (χ4v) is 4.40. The molecular formula is C22H23NO2. The SMILES string of the molecule is CC(C)c1cccc2c1N[C@H](c1ccccc1C(=O)O)[C@H]1CC=C[C@@H]21. The summed E-state index contributed by atoms with van der Waals surface area (Å²) in [6, 6.07) is 13.9. The number of fused-ring (bicyclic) bond motifs is 3. The number of aromatic carboxylic acids is 1. The van der Waals surface area contributed by atoms with E-state index in [4.69, 9.17) is 0 Å². The van der Waals surface area contributed by atoms with Crippen molar-refractivity contribution in [1.29, 1.82) is 0 Å². The number of benzene rings is 2. The van der Waals surface area contributed by atoms with E-state index in [1.165, 1.54) is 16.8 Å². The van der Waals surface area contributed by atoms with Gasteiger partial charge >= 0.3 is 5.97 Å². The summed E-state index contributed by atoms with van der Waals surface area (Å²) < 4.78 is 0. The van der Waals surface area contributed by atoms with Crippen molar-refractivity contribution in [3.05, 3.63) is 76.9 Å². The molecule has 0 spiro atoms. The lowest BCUT2D eigenvalue weighted by Crippen LogP contribution is -2.31. The maximum atomic E-state index is 11.7. The topological polar surface area (TPSA) is 49.3 Å². The minimum Gasteiger partial charge on any atom is -0.478 e. The Morgan fingerprint density at radius 1 is 1.12 bits per heavy atom. The monoisotopic (exact) mass is 333 g/mol. The molecule has 0 bridgehead atoms. The van der Waals surface area contributed by atoms with Gasteiger partial charge in [-0.3, -0.25) is 0 Å². The van der Waals surface area contributed by atoms with Crippen LogP contribution in [0.15, 0.2) is 54.6 Å². The van der Waals surface area contributed by atoms with Crippen LogP contribution >= 0.6 is 0 Å². The number of nitrogens with one attached hydrogen (secondary N) is 1. The number of para-hydroxylation sites is 1. The van der Waals surface area contributed by atoms with Gasteiger partial charge in [-0.1, -0.05) is 62.4 Å². The first kappa shape index (κ1) is 15.9. The molecule has 1 aliphatic carbocycles. The normalized spacial score (nSPS) is 23.9. The van der Waals surface area contributed by atoms with Crippen LogP contribution in [0, 0.1) is 5.92 Å². The van der Waals surface area contributed by atoms with Crippen molar-refractivity contribution in [3.63, 3.8) is 0 Å². The summed E-state index contributed by atoms with van der Waals surface area (Å²) in [5.74, 6) is 0.264. The first-order chi connectivity index (χ1) is 12.1. The van der Waals surface area contributed by atoms with E-state index >= 15 is 0 Å². The lowest BCUT2D eigenvalue weighted by Gasteiger charge is -2.39. The number of hydrogen-bond acceptors (Lipinski definition) is 2. The molecule has 0 fully saturated rings. The zero-order chi connectivity index (χ0) is 17.6. The Morgan fingerprint density at radius 3 is 2.64 bits per heavy atom. The van der Waals surface area contributed by atoms with Crippen LogP contribution in [0.3, 0.4) is 0 Å². The molecule has 4 rings (SSSR count). The van der Waals surface area contributed by atoms with Crippen LogP contribution in [0.25, 0.3) is 0 Å². The lowest BCUT2D eigenvalue weighted by atomic mass is 9.75. The Balaban J connectivity index is 1.86. The van der Waals surface area contributed by atoms with Crippen molar-refractivity contribution in [3.8, 4) is 0 Å². The lowest BCUT2D eigenvalue weighted by molar-refractivity contribution is 0.0694. The van der Waals surface area contributed by atoms with Crippen molar-refractivity contribution in [2.45, 2.75) is 38.1 Å². The highest BCUT2D eigenvalue weighted by Gasteiger charge is 2.39. The summed E-state index contributed by atoms with van der Waals surface area (Å²) in [5.41, 5.74) is 5.12. The summed E-state index contributed by atoms with van der Waals surface area (Å²) in [4.78, 5) is 11.7. The third kappa shape index (κ3) is 2.55. The number of carboxylic acids is 1. The third-order valence-electron chi connectivity index (χ3n) is 5.58. The molecule has 25 heavy (non-hydrogen) atoms. The number of allylic oxidation sites excluding steroid dienone is 2. The zero-order valence-electron chi connectivity index (χ0n) is 14.6. The van der Waals surface area contributed by atoms with Crippen molar-refractivity contribution < 1.29 is 9.90 Å². The Hall–Kier alpha value is -2.55. The van der Waals surface area contributed by atoms with E-state index in [1.807, 2.05) is 12.1 Å². The summed E-state index contributed by atoms with van der Waals surface area (Å²) in [6.45, 7) is 4.40. The van der Waals surface area contributed by atoms with Gasteiger partial charge in [0.2, 0.25) is 0 Å². The van der Waals surface area contributed by atoms with Crippen molar-refractivity contribution in [2.75, 3.05) is 5.32 Å². The highest BCUT2D eigenvalue weighted by molar-refractivity contribution is 5.90. The number of carbonyl (C=O) groups is 1. The predicted octanol–water partition coefficient (Wildman–Crippen LogP) is 5.33. The number of rotatable bonds is 3. The first-order valence-corrected chi connectivity index (χ1v) is 8.96. The summed E-state index contributed by atoms with van der Waals surface area (Å²) >= 11 is 0. The molecule has 0 saturated heterocycles. The Morgan fingerprint density at radius 2 is 1.88 bits per heavy atom. The Bertz CT molecular complexity index is 853. The molecule has 1 heterocycles. The van der Waals surface area contributed by atoms with E-state index in [-0.39, 0.29) is 6.04 Å². The largest absolute Gasteiger partial charge is 0.478 e. The van der Waals surface area contributed by atoms with Gasteiger partial charge in [0.15, 0.2) is 0 Å². The van der Waals surface area contributed by atoms with E-state index < -0.39 is 5.97 Å². The van der Waals surface area contributed by atoms with Gasteiger partial charge in [0, 0.05) is 11.6 Å². The molecule has 0 radical (unpaired) electrons. The van der Waals surface area contributed by atoms with Crippen LogP contribution in [0.5, 0.6) is 0 Å². The molecule has 2 N–H and O–H groups in total. The maximum absolute atomic E-state index is 11.7. The van der Waals surface area contributed by atoms with Crippen LogP contribution in [0.4, 0.5) is 5.69 Å². The molecule has 0 amide bonds. The summed E-state index contributed by atoms with van der Waals surface area (Å²) in [5, 5.41) is 13.4. The first-order valence-electron chi connectivity index (χ1n) is 8.96. The van der Waals surface area contributed by atoms with Crippen LogP contribution in [0.1, 0.15) is 65.2 Å². The highest BCUT2D eigenvalue weighted by Crippen LogP contribution is 2.51. The van der Waals surface area contributed by atoms with Gasteiger partial charge < -0.3 is 10.4 Å². The number of hydrogen-bond donors (Lipinski definition) is 2. The minimum absolute atomic E-state index is 0.0136. The molecule has 2 aliphatic rings. The molecule has 1 aliphatic heterocycles. The second kappa shape index (κ2) is 6.07. The molecule has 2 aromatic carbocycles. The van der Waals surface area contributed by atoms with Crippen molar-refractivity contribution in [2.24, 2.45) is 5.92 Å². The van der Waals surface area contributed by atoms with Gasteiger partial charge in [-0.05, 0) is 41.0 Å². The van der Waals surface area contributed by atoms with E-state index in [0.29, 0.717) is 23.3 Å². The number of carboxylic acid groups (broad SMARTS) is 1. The minimum atomic E-state index is -0.858. The molecule has 0 aromatic heterocycles. The van der Waals surface area contributed by atoms with Gasteiger partial charge in [-0.15, -0.1) is 0 Å². The molecule has 3 nitrogen and oxygen atoms in total. The van der Waals surface area contributed by atoms with Crippen LogP contribution in [-0.2, 0) is 0 Å². The molecular weight excluding hydrogens is 310 g/mol. The second-order valence-electron chi connectivity index (χ2n) is 7.33. The fraction of sp³-hybridized carbons (Fsp3) is 0.318. The molecule has 3 atom stereocenters. The van der Waals surface area contributed by atoms with Crippen LogP contribution in [0.2, 0.25) is 0 Å². The van der Waals surface area contributed by atoms with Crippen molar-refractivity contribution in [1.82, 2.24) is 0 Å². The van der Waals surface area contributed by atoms with E-state index in [1.54, 1.807) is 12.1 Å². The quantitative estimate of drug-likeness (QED) is 0.746. The summed E-state index contributed by atoms with van der Waals surface area (Å²) in [6.07, 6.45) is 5.51. The van der Waals surface area contributed by atoms with Gasteiger partial charge in [0.05, 0.1) is 11.6 Å². The molecule has 128 valence electrons. The van der Waals surface area contributed by atoms with Gasteiger partial charge in [0.1, 0.15) is 0 Å².